The Kier molecular flexibility index (Phi) is 3.75. The van der Waals surface area contributed by atoms with Crippen LogP contribution in [0, 0.1) is 6.92 Å². The van der Waals surface area contributed by atoms with E-state index in [2.05, 4.69) is 10.1 Å². The van der Waals surface area contributed by atoms with Gasteiger partial charge >= 0.3 is 0 Å². The van der Waals surface area contributed by atoms with Gasteiger partial charge in [0.05, 0.1) is 36.5 Å². The number of amides is 1. The second-order valence-electron chi connectivity index (χ2n) is 7.85. The van der Waals surface area contributed by atoms with E-state index in [4.69, 9.17) is 9.47 Å². The Labute approximate surface area is 151 Å². The first kappa shape index (κ1) is 17.2. The Balaban J connectivity index is 1.73. The minimum absolute atomic E-state index is 0.167. The van der Waals surface area contributed by atoms with Crippen LogP contribution in [0.25, 0.3) is 5.65 Å². The molecule has 2 aromatic rings. The van der Waals surface area contributed by atoms with Crippen LogP contribution in [-0.4, -0.2) is 68.0 Å². The van der Waals surface area contributed by atoms with E-state index in [1.54, 1.807) is 35.7 Å². The molecule has 3 heterocycles. The molecule has 0 spiro atoms. The van der Waals surface area contributed by atoms with E-state index in [-0.39, 0.29) is 11.9 Å². The van der Waals surface area contributed by atoms with Crippen molar-refractivity contribution in [3.63, 3.8) is 0 Å². The van der Waals surface area contributed by atoms with Gasteiger partial charge in [-0.2, -0.15) is 5.10 Å². The topological polar surface area (TPSA) is 89.2 Å². The number of fused-ring (bicyclic) bond motifs is 1. The molecule has 2 aromatic heterocycles. The quantitative estimate of drug-likeness (QED) is 0.884. The predicted octanol–water partition coefficient (Wildman–Crippen LogP) is 1.19. The summed E-state index contributed by atoms with van der Waals surface area (Å²) in [6.07, 6.45) is 3.04. The molecule has 8 nitrogen and oxygen atoms in total. The molecule has 1 aliphatic heterocycles. The van der Waals surface area contributed by atoms with E-state index in [1.807, 2.05) is 13.8 Å². The molecule has 1 saturated carbocycles. The average Bonchev–Trinajstić information content (AvgIpc) is 3.21. The van der Waals surface area contributed by atoms with Crippen LogP contribution in [0.4, 0.5) is 0 Å². The summed E-state index contributed by atoms with van der Waals surface area (Å²) < 4.78 is 12.8. The number of methoxy groups -OCH3 is 1. The van der Waals surface area contributed by atoms with E-state index < -0.39 is 11.2 Å². The fourth-order valence-corrected chi connectivity index (χ4v) is 3.58. The van der Waals surface area contributed by atoms with Crippen LogP contribution in [0.15, 0.2) is 12.3 Å². The number of aryl methyl sites for hydroxylation is 1. The van der Waals surface area contributed by atoms with Gasteiger partial charge in [-0.15, -0.1) is 0 Å². The summed E-state index contributed by atoms with van der Waals surface area (Å²) >= 11 is 0. The first-order chi connectivity index (χ1) is 12.2. The van der Waals surface area contributed by atoms with E-state index in [0.717, 1.165) is 0 Å². The monoisotopic (exact) mass is 360 g/mol. The van der Waals surface area contributed by atoms with Crippen LogP contribution < -0.4 is 4.74 Å². The molecule has 1 aliphatic carbocycles. The number of rotatable bonds is 3. The SMILES string of the molecule is COc1cc(C(=O)N2CC(C)(C)OCC2C2(O)CC2)cn2nc(C)nc12. The van der Waals surface area contributed by atoms with Crippen molar-refractivity contribution in [1.82, 2.24) is 19.5 Å². The molecule has 1 saturated heterocycles. The lowest BCUT2D eigenvalue weighted by Gasteiger charge is -2.45. The van der Waals surface area contributed by atoms with Crippen molar-refractivity contribution < 1.29 is 19.4 Å². The third-order valence-electron chi connectivity index (χ3n) is 5.18. The van der Waals surface area contributed by atoms with Crippen molar-refractivity contribution >= 4 is 11.6 Å². The maximum Gasteiger partial charge on any atom is 0.256 e. The molecule has 2 fully saturated rings. The minimum atomic E-state index is -0.843. The molecule has 4 rings (SSSR count). The third-order valence-corrected chi connectivity index (χ3v) is 5.18. The Morgan fingerprint density at radius 2 is 2.15 bits per heavy atom. The van der Waals surface area contributed by atoms with Crippen LogP contribution in [0.5, 0.6) is 5.75 Å². The van der Waals surface area contributed by atoms with Gasteiger partial charge in [0.2, 0.25) is 0 Å². The van der Waals surface area contributed by atoms with E-state index in [0.29, 0.717) is 48.8 Å². The Morgan fingerprint density at radius 1 is 1.42 bits per heavy atom. The summed E-state index contributed by atoms with van der Waals surface area (Å²) in [6, 6.07) is 1.34. The Morgan fingerprint density at radius 3 is 2.81 bits per heavy atom. The number of aliphatic hydroxyl groups is 1. The number of hydrogen-bond acceptors (Lipinski definition) is 6. The Bertz CT molecular complexity index is 871. The number of pyridine rings is 1. The van der Waals surface area contributed by atoms with Crippen molar-refractivity contribution in [2.75, 3.05) is 20.3 Å². The molecule has 8 heteroatoms. The molecule has 0 aromatic carbocycles. The van der Waals surface area contributed by atoms with E-state index >= 15 is 0 Å². The molecule has 0 radical (unpaired) electrons. The van der Waals surface area contributed by atoms with Gasteiger partial charge in [0.1, 0.15) is 5.82 Å². The number of hydrogen-bond donors (Lipinski definition) is 1. The first-order valence-corrected chi connectivity index (χ1v) is 8.81. The minimum Gasteiger partial charge on any atom is -0.493 e. The fraction of sp³-hybridized carbons (Fsp3) is 0.611. The molecular formula is C18H24N4O4. The van der Waals surface area contributed by atoms with Crippen molar-refractivity contribution in [2.24, 2.45) is 0 Å². The highest BCUT2D eigenvalue weighted by Crippen LogP contribution is 2.43. The normalized spacial score (nSPS) is 23.9. The molecule has 1 atom stereocenters. The van der Waals surface area contributed by atoms with Gasteiger partial charge in [0.15, 0.2) is 11.4 Å². The average molecular weight is 360 g/mol. The molecular weight excluding hydrogens is 336 g/mol. The Hall–Kier alpha value is -2.19. The highest BCUT2D eigenvalue weighted by molar-refractivity contribution is 5.95. The first-order valence-electron chi connectivity index (χ1n) is 8.81. The summed E-state index contributed by atoms with van der Waals surface area (Å²) in [4.78, 5) is 19.4. The van der Waals surface area contributed by atoms with Gasteiger partial charge in [-0.25, -0.2) is 9.50 Å². The summed E-state index contributed by atoms with van der Waals surface area (Å²) in [5, 5.41) is 14.9. The lowest BCUT2D eigenvalue weighted by atomic mass is 9.99. The summed E-state index contributed by atoms with van der Waals surface area (Å²) in [5.74, 6) is 0.927. The van der Waals surface area contributed by atoms with Gasteiger partial charge in [-0.1, -0.05) is 0 Å². The van der Waals surface area contributed by atoms with Crippen LogP contribution in [-0.2, 0) is 4.74 Å². The predicted molar refractivity (Wildman–Crippen MR) is 93.3 cm³/mol. The van der Waals surface area contributed by atoms with Crippen LogP contribution in [0.2, 0.25) is 0 Å². The number of aromatic nitrogens is 3. The third kappa shape index (κ3) is 2.83. The van der Waals surface area contributed by atoms with E-state index in [9.17, 15) is 9.90 Å². The smallest absolute Gasteiger partial charge is 0.256 e. The fourth-order valence-electron chi connectivity index (χ4n) is 3.58. The molecule has 140 valence electrons. The summed E-state index contributed by atoms with van der Waals surface area (Å²) in [7, 11) is 1.54. The number of nitrogens with zero attached hydrogens (tertiary/aromatic N) is 4. The molecule has 0 bridgehead atoms. The lowest BCUT2D eigenvalue weighted by Crippen LogP contribution is -2.60. The van der Waals surface area contributed by atoms with E-state index in [1.165, 1.54) is 0 Å². The molecule has 1 N–H and O–H groups in total. The van der Waals surface area contributed by atoms with Gasteiger partial charge in [-0.05, 0) is 39.7 Å². The maximum atomic E-state index is 13.3. The van der Waals surface area contributed by atoms with Crippen molar-refractivity contribution in [1.29, 1.82) is 0 Å². The van der Waals surface area contributed by atoms with Crippen molar-refractivity contribution in [3.8, 4) is 5.75 Å². The zero-order chi connectivity index (χ0) is 18.7. The molecule has 2 aliphatic rings. The summed E-state index contributed by atoms with van der Waals surface area (Å²) in [5.41, 5.74) is -0.285. The molecule has 26 heavy (non-hydrogen) atoms. The highest BCUT2D eigenvalue weighted by atomic mass is 16.5. The highest BCUT2D eigenvalue weighted by Gasteiger charge is 2.54. The molecule has 1 unspecified atom stereocenters. The van der Waals surface area contributed by atoms with Gasteiger partial charge in [0.25, 0.3) is 5.91 Å². The maximum absolute atomic E-state index is 13.3. The van der Waals surface area contributed by atoms with Crippen molar-refractivity contribution in [3.05, 3.63) is 23.7 Å². The van der Waals surface area contributed by atoms with Crippen LogP contribution >= 0.6 is 0 Å². The largest absolute Gasteiger partial charge is 0.493 e. The van der Waals surface area contributed by atoms with Crippen LogP contribution in [0.1, 0.15) is 42.9 Å². The number of carbonyl (C=O) groups is 1. The van der Waals surface area contributed by atoms with Gasteiger partial charge in [-0.3, -0.25) is 4.79 Å². The lowest BCUT2D eigenvalue weighted by molar-refractivity contribution is -0.131. The van der Waals surface area contributed by atoms with Crippen molar-refractivity contribution in [2.45, 2.75) is 50.9 Å². The standard InChI is InChI=1S/C18H24N4O4/c1-11-19-15-13(25-4)7-12(8-22(15)20-11)16(23)21-10-17(2,3)26-9-14(21)18(24)5-6-18/h7-8,14,24H,5-6,9-10H2,1-4H3. The summed E-state index contributed by atoms with van der Waals surface area (Å²) in [6.45, 7) is 6.43. The number of morpholine rings is 1. The molecule has 1 amide bonds. The van der Waals surface area contributed by atoms with Crippen LogP contribution in [0.3, 0.4) is 0 Å². The number of carbonyl (C=O) groups excluding carboxylic acids is 1. The zero-order valence-corrected chi connectivity index (χ0v) is 15.5. The van der Waals surface area contributed by atoms with Gasteiger partial charge in [0, 0.05) is 12.7 Å². The zero-order valence-electron chi connectivity index (χ0n) is 15.5. The number of ether oxygens (including phenoxy) is 2. The second kappa shape index (κ2) is 5.65. The second-order valence-corrected chi connectivity index (χ2v) is 7.85. The van der Waals surface area contributed by atoms with Gasteiger partial charge < -0.3 is 19.5 Å².